The van der Waals surface area contributed by atoms with Crippen LogP contribution in [0, 0.1) is 0 Å². The summed E-state index contributed by atoms with van der Waals surface area (Å²) in [5, 5.41) is 13.1. The molecule has 3 rings (SSSR count). The van der Waals surface area contributed by atoms with E-state index in [1.807, 2.05) is 0 Å². The average molecular weight is 259 g/mol. The molecule has 1 saturated carbocycles. The predicted molar refractivity (Wildman–Crippen MR) is 73.7 cm³/mol. The number of benzene rings is 1. The van der Waals surface area contributed by atoms with Crippen molar-refractivity contribution in [3.63, 3.8) is 0 Å². The van der Waals surface area contributed by atoms with E-state index in [0.717, 1.165) is 24.8 Å². The van der Waals surface area contributed by atoms with Crippen LogP contribution in [0.4, 0.5) is 0 Å². The van der Waals surface area contributed by atoms with E-state index in [2.05, 4.69) is 23.5 Å². The lowest BCUT2D eigenvalue weighted by atomic mass is 10.0. The summed E-state index contributed by atoms with van der Waals surface area (Å²) in [5.41, 5.74) is 2.89. The van der Waals surface area contributed by atoms with Crippen molar-refractivity contribution in [3.8, 4) is 0 Å². The molecule has 0 radical (unpaired) electrons. The number of carbonyl (C=O) groups excluding carboxylic acids is 1. The van der Waals surface area contributed by atoms with E-state index in [1.165, 1.54) is 24.0 Å². The van der Waals surface area contributed by atoms with Gasteiger partial charge in [0.1, 0.15) is 5.60 Å². The van der Waals surface area contributed by atoms with E-state index in [9.17, 15) is 9.90 Å². The van der Waals surface area contributed by atoms with Crippen molar-refractivity contribution in [2.24, 2.45) is 0 Å². The summed E-state index contributed by atoms with van der Waals surface area (Å²) in [6.45, 7) is 0.522. The van der Waals surface area contributed by atoms with Gasteiger partial charge in [-0.15, -0.1) is 0 Å². The van der Waals surface area contributed by atoms with Gasteiger partial charge in [0.25, 0.3) is 5.91 Å². The topological polar surface area (TPSA) is 49.3 Å². The second-order valence-corrected chi connectivity index (χ2v) is 5.88. The predicted octanol–water partition coefficient (Wildman–Crippen LogP) is 2.10. The van der Waals surface area contributed by atoms with Gasteiger partial charge in [-0.3, -0.25) is 4.79 Å². The van der Waals surface area contributed by atoms with Gasteiger partial charge in [-0.05, 0) is 61.6 Å². The highest BCUT2D eigenvalue weighted by Crippen LogP contribution is 2.29. The van der Waals surface area contributed by atoms with Gasteiger partial charge in [0.2, 0.25) is 0 Å². The normalized spacial score (nSPS) is 20.3. The Bertz CT molecular complexity index is 490. The lowest BCUT2D eigenvalue weighted by Crippen LogP contribution is -2.44. The fourth-order valence-electron chi connectivity index (χ4n) is 3.27. The maximum Gasteiger partial charge on any atom is 0.252 e. The molecule has 1 fully saturated rings. The number of hydrogen-bond donors (Lipinski definition) is 2. The zero-order chi connectivity index (χ0) is 13.3. The first kappa shape index (κ1) is 12.7. The number of amides is 1. The third-order valence-electron chi connectivity index (χ3n) is 4.47. The molecule has 1 amide bonds. The summed E-state index contributed by atoms with van der Waals surface area (Å²) >= 11 is 0. The molecule has 0 spiro atoms. The number of fused-ring (bicyclic) bond motifs is 1. The van der Waals surface area contributed by atoms with Gasteiger partial charge < -0.3 is 10.4 Å². The van der Waals surface area contributed by atoms with Gasteiger partial charge in [-0.25, -0.2) is 0 Å². The Hall–Kier alpha value is -1.35. The molecule has 0 aromatic heterocycles. The van der Waals surface area contributed by atoms with E-state index in [1.54, 1.807) is 0 Å². The van der Waals surface area contributed by atoms with E-state index in [-0.39, 0.29) is 5.91 Å². The van der Waals surface area contributed by atoms with Crippen molar-refractivity contribution >= 4 is 5.91 Å². The molecule has 3 heteroatoms. The van der Waals surface area contributed by atoms with Crippen LogP contribution in [0.1, 0.15) is 48.8 Å². The van der Waals surface area contributed by atoms with Crippen LogP contribution in [0.3, 0.4) is 0 Å². The molecule has 1 aromatic rings. The summed E-state index contributed by atoms with van der Waals surface area (Å²) in [6.07, 6.45) is 6.67. The van der Waals surface area contributed by atoms with E-state index < -0.39 is 5.60 Å². The number of rotatable bonds is 3. The molecule has 102 valence electrons. The Kier molecular flexibility index (Phi) is 3.31. The third-order valence-corrected chi connectivity index (χ3v) is 4.47. The number of hydrogen-bond acceptors (Lipinski definition) is 2. The van der Waals surface area contributed by atoms with Crippen LogP contribution in [-0.4, -0.2) is 16.6 Å². The molecule has 0 unspecified atom stereocenters. The van der Waals surface area contributed by atoms with Crippen molar-refractivity contribution < 1.29 is 9.90 Å². The first-order chi connectivity index (χ1) is 9.17. The third kappa shape index (κ3) is 2.52. The molecule has 19 heavy (non-hydrogen) atoms. The Morgan fingerprint density at radius 1 is 1.16 bits per heavy atom. The summed E-state index contributed by atoms with van der Waals surface area (Å²) in [5.74, 6) is -0.203. The Balaban J connectivity index is 1.61. The van der Waals surface area contributed by atoms with Crippen molar-refractivity contribution in [3.05, 3.63) is 34.9 Å². The van der Waals surface area contributed by atoms with Gasteiger partial charge in [0.15, 0.2) is 0 Å². The molecule has 2 N–H and O–H groups in total. The molecule has 2 aliphatic rings. The van der Waals surface area contributed by atoms with Gasteiger partial charge in [0, 0.05) is 6.54 Å². The largest absolute Gasteiger partial charge is 0.380 e. The van der Waals surface area contributed by atoms with E-state index in [4.69, 9.17) is 0 Å². The van der Waals surface area contributed by atoms with Gasteiger partial charge in [0.05, 0.1) is 0 Å². The van der Waals surface area contributed by atoms with Crippen LogP contribution in [-0.2, 0) is 24.2 Å². The highest BCUT2D eigenvalue weighted by molar-refractivity contribution is 5.85. The van der Waals surface area contributed by atoms with Crippen molar-refractivity contribution in [1.82, 2.24) is 5.32 Å². The lowest BCUT2D eigenvalue weighted by molar-refractivity contribution is -0.139. The van der Waals surface area contributed by atoms with Crippen LogP contribution < -0.4 is 5.32 Å². The van der Waals surface area contributed by atoms with Crippen molar-refractivity contribution in [2.75, 3.05) is 0 Å². The number of aryl methyl sites for hydroxylation is 2. The first-order valence-corrected chi connectivity index (χ1v) is 7.29. The minimum absolute atomic E-state index is 0.203. The summed E-state index contributed by atoms with van der Waals surface area (Å²) in [6, 6.07) is 6.46. The van der Waals surface area contributed by atoms with Crippen molar-refractivity contribution in [2.45, 2.75) is 57.1 Å². The zero-order valence-corrected chi connectivity index (χ0v) is 11.2. The fourth-order valence-corrected chi connectivity index (χ4v) is 3.27. The van der Waals surface area contributed by atoms with E-state index >= 15 is 0 Å². The van der Waals surface area contributed by atoms with Crippen LogP contribution in [0.25, 0.3) is 0 Å². The minimum Gasteiger partial charge on any atom is -0.380 e. The average Bonchev–Trinajstić information content (AvgIpc) is 3.04. The Morgan fingerprint density at radius 2 is 1.89 bits per heavy atom. The maximum atomic E-state index is 12.0. The molecule has 0 atom stereocenters. The van der Waals surface area contributed by atoms with Crippen LogP contribution in [0.2, 0.25) is 0 Å². The second-order valence-electron chi connectivity index (χ2n) is 5.88. The fraction of sp³-hybridized carbons (Fsp3) is 0.562. The number of carbonyl (C=O) groups is 1. The maximum absolute atomic E-state index is 12.0. The molecule has 0 bridgehead atoms. The standard InChI is InChI=1S/C16H21NO2/c18-15(16(19)8-1-2-9-16)17-11-12-6-7-13-4-3-5-14(13)10-12/h6-7,10,19H,1-5,8-9,11H2,(H,17,18). The van der Waals surface area contributed by atoms with Crippen LogP contribution in [0.15, 0.2) is 18.2 Å². The highest BCUT2D eigenvalue weighted by Gasteiger charge is 2.38. The summed E-state index contributed by atoms with van der Waals surface area (Å²) < 4.78 is 0. The number of nitrogens with one attached hydrogen (secondary N) is 1. The molecule has 0 saturated heterocycles. The Morgan fingerprint density at radius 3 is 2.68 bits per heavy atom. The quantitative estimate of drug-likeness (QED) is 0.873. The van der Waals surface area contributed by atoms with Crippen LogP contribution in [0.5, 0.6) is 0 Å². The van der Waals surface area contributed by atoms with Gasteiger partial charge >= 0.3 is 0 Å². The summed E-state index contributed by atoms with van der Waals surface area (Å²) in [7, 11) is 0. The smallest absolute Gasteiger partial charge is 0.252 e. The highest BCUT2D eigenvalue weighted by atomic mass is 16.3. The lowest BCUT2D eigenvalue weighted by Gasteiger charge is -2.21. The minimum atomic E-state index is -1.11. The molecular formula is C16H21NO2. The molecule has 1 aromatic carbocycles. The molecule has 0 aliphatic heterocycles. The van der Waals surface area contributed by atoms with Crippen molar-refractivity contribution in [1.29, 1.82) is 0 Å². The van der Waals surface area contributed by atoms with Gasteiger partial charge in [-0.2, -0.15) is 0 Å². The Labute approximate surface area is 114 Å². The molecular weight excluding hydrogens is 238 g/mol. The zero-order valence-electron chi connectivity index (χ0n) is 11.2. The second kappa shape index (κ2) is 4.97. The SMILES string of the molecule is O=C(NCc1ccc2c(c1)CCC2)C1(O)CCCC1. The summed E-state index contributed by atoms with van der Waals surface area (Å²) in [4.78, 5) is 12.0. The molecule has 2 aliphatic carbocycles. The molecule has 3 nitrogen and oxygen atoms in total. The van der Waals surface area contributed by atoms with E-state index in [0.29, 0.717) is 19.4 Å². The first-order valence-electron chi connectivity index (χ1n) is 7.29. The number of aliphatic hydroxyl groups is 1. The van der Waals surface area contributed by atoms with Crippen LogP contribution >= 0.6 is 0 Å². The van der Waals surface area contributed by atoms with Gasteiger partial charge in [-0.1, -0.05) is 18.2 Å². The monoisotopic (exact) mass is 259 g/mol. The molecule has 0 heterocycles.